The molecular formula is C33H34ClN3O5. The van der Waals surface area contributed by atoms with Crippen molar-refractivity contribution in [2.45, 2.75) is 32.9 Å². The van der Waals surface area contributed by atoms with Gasteiger partial charge in [0, 0.05) is 5.02 Å². The number of hydrogen-bond acceptors (Lipinski definition) is 6. The van der Waals surface area contributed by atoms with Gasteiger partial charge in [-0.15, -0.1) is 0 Å². The van der Waals surface area contributed by atoms with Crippen LogP contribution in [0.5, 0.6) is 17.2 Å². The van der Waals surface area contributed by atoms with Crippen LogP contribution in [-0.2, 0) is 16.2 Å². The van der Waals surface area contributed by atoms with E-state index in [1.54, 1.807) is 43.5 Å². The van der Waals surface area contributed by atoms with E-state index < -0.39 is 17.9 Å². The third-order valence-corrected chi connectivity index (χ3v) is 6.63. The van der Waals surface area contributed by atoms with Gasteiger partial charge in [0.15, 0.2) is 18.1 Å². The maximum absolute atomic E-state index is 12.9. The van der Waals surface area contributed by atoms with E-state index in [-0.39, 0.29) is 12.5 Å². The summed E-state index contributed by atoms with van der Waals surface area (Å²) < 4.78 is 17.1. The molecule has 8 nitrogen and oxygen atoms in total. The second-order valence-corrected chi connectivity index (χ2v) is 10.5. The minimum Gasteiger partial charge on any atom is -0.493 e. The fraction of sp³-hybridized carbons (Fsp3) is 0.242. The molecule has 0 aliphatic rings. The smallest absolute Gasteiger partial charge is 0.262 e. The van der Waals surface area contributed by atoms with E-state index in [0.717, 1.165) is 16.3 Å². The zero-order valence-electron chi connectivity index (χ0n) is 23.8. The van der Waals surface area contributed by atoms with Gasteiger partial charge in [-0.05, 0) is 76.7 Å². The highest BCUT2D eigenvalue weighted by Crippen LogP contribution is 2.29. The van der Waals surface area contributed by atoms with Crippen molar-refractivity contribution in [1.29, 1.82) is 0 Å². The number of rotatable bonds is 13. The molecule has 0 saturated heterocycles. The molecule has 42 heavy (non-hydrogen) atoms. The molecule has 4 aromatic carbocycles. The molecule has 0 radical (unpaired) electrons. The number of methoxy groups -OCH3 is 1. The van der Waals surface area contributed by atoms with Crippen molar-refractivity contribution < 1.29 is 23.8 Å². The number of hydrazone groups is 1. The molecule has 0 fully saturated rings. The second kappa shape index (κ2) is 14.9. The quantitative estimate of drug-likeness (QED) is 0.145. The molecular weight excluding hydrogens is 554 g/mol. The number of nitrogens with one attached hydrogen (secondary N) is 2. The molecule has 0 saturated carbocycles. The summed E-state index contributed by atoms with van der Waals surface area (Å²) in [6.45, 7) is 4.09. The van der Waals surface area contributed by atoms with Gasteiger partial charge in [0.05, 0.1) is 13.3 Å². The highest BCUT2D eigenvalue weighted by molar-refractivity contribution is 6.30. The molecule has 0 aliphatic heterocycles. The van der Waals surface area contributed by atoms with Crippen LogP contribution in [0.4, 0.5) is 0 Å². The number of carbonyl (C=O) groups is 2. The highest BCUT2D eigenvalue weighted by atomic mass is 35.5. The van der Waals surface area contributed by atoms with E-state index in [4.69, 9.17) is 25.8 Å². The van der Waals surface area contributed by atoms with Crippen molar-refractivity contribution in [1.82, 2.24) is 10.7 Å². The molecule has 218 valence electrons. The summed E-state index contributed by atoms with van der Waals surface area (Å²) in [5.74, 6) is 0.945. The Hall–Kier alpha value is -4.56. The van der Waals surface area contributed by atoms with E-state index in [2.05, 4.69) is 34.0 Å². The zero-order valence-corrected chi connectivity index (χ0v) is 24.6. The summed E-state index contributed by atoms with van der Waals surface area (Å²) in [4.78, 5) is 25.3. The van der Waals surface area contributed by atoms with Crippen LogP contribution in [0, 0.1) is 5.92 Å². The minimum atomic E-state index is -0.775. The molecule has 0 bridgehead atoms. The summed E-state index contributed by atoms with van der Waals surface area (Å²) in [7, 11) is 1.57. The third-order valence-electron chi connectivity index (χ3n) is 6.38. The normalized spacial score (nSPS) is 11.8. The van der Waals surface area contributed by atoms with Gasteiger partial charge < -0.3 is 19.5 Å². The lowest BCUT2D eigenvalue weighted by Gasteiger charge is -2.19. The van der Waals surface area contributed by atoms with Crippen LogP contribution in [0.3, 0.4) is 0 Å². The summed E-state index contributed by atoms with van der Waals surface area (Å²) in [5.41, 5.74) is 4.30. The van der Waals surface area contributed by atoms with Crippen molar-refractivity contribution in [3.05, 3.63) is 101 Å². The first-order valence-electron chi connectivity index (χ1n) is 13.6. The number of fused-ring (bicyclic) bond motifs is 1. The van der Waals surface area contributed by atoms with Crippen LogP contribution in [0.15, 0.2) is 90.0 Å². The maximum Gasteiger partial charge on any atom is 0.262 e. The number of ether oxygens (including phenoxy) is 3. The van der Waals surface area contributed by atoms with E-state index in [1.807, 2.05) is 44.2 Å². The van der Waals surface area contributed by atoms with Gasteiger partial charge in [-0.2, -0.15) is 5.10 Å². The molecule has 1 atom stereocenters. The van der Waals surface area contributed by atoms with Gasteiger partial charge in [0.2, 0.25) is 0 Å². The molecule has 9 heteroatoms. The number of benzene rings is 4. The second-order valence-electron chi connectivity index (χ2n) is 10.1. The first kappa shape index (κ1) is 30.4. The first-order valence-corrected chi connectivity index (χ1v) is 14.0. The van der Waals surface area contributed by atoms with Crippen molar-refractivity contribution in [2.24, 2.45) is 11.0 Å². The summed E-state index contributed by atoms with van der Waals surface area (Å²) in [6.07, 6.45) is 1.94. The predicted octanol–water partition coefficient (Wildman–Crippen LogP) is 6.14. The average molecular weight is 588 g/mol. The van der Waals surface area contributed by atoms with Crippen LogP contribution in [0.2, 0.25) is 5.02 Å². The Bertz CT molecular complexity index is 1530. The van der Waals surface area contributed by atoms with Gasteiger partial charge in [0.25, 0.3) is 11.8 Å². The molecule has 0 aliphatic carbocycles. The lowest BCUT2D eigenvalue weighted by atomic mass is 10.0. The third kappa shape index (κ3) is 8.72. The van der Waals surface area contributed by atoms with Crippen LogP contribution < -0.4 is 25.0 Å². The Morgan fingerprint density at radius 2 is 1.69 bits per heavy atom. The van der Waals surface area contributed by atoms with Gasteiger partial charge in [-0.1, -0.05) is 67.9 Å². The number of hydrogen-bond donors (Lipinski definition) is 2. The molecule has 2 N–H and O–H groups in total. The lowest BCUT2D eigenvalue weighted by molar-refractivity contribution is -0.130. The topological polar surface area (TPSA) is 98.2 Å². The predicted molar refractivity (Wildman–Crippen MR) is 165 cm³/mol. The van der Waals surface area contributed by atoms with Gasteiger partial charge in [0.1, 0.15) is 18.4 Å². The number of carbonyl (C=O) groups excluding carboxylic acids is 2. The van der Waals surface area contributed by atoms with E-state index in [9.17, 15) is 9.59 Å². The van der Waals surface area contributed by atoms with Crippen molar-refractivity contribution in [2.75, 3.05) is 13.7 Å². The monoisotopic (exact) mass is 587 g/mol. The molecule has 4 rings (SSSR count). The largest absolute Gasteiger partial charge is 0.493 e. The Balaban J connectivity index is 1.33. The number of halogens is 1. The molecule has 0 aromatic heterocycles. The maximum atomic E-state index is 12.9. The Kier molecular flexibility index (Phi) is 10.8. The molecule has 0 spiro atoms. The van der Waals surface area contributed by atoms with Gasteiger partial charge in [-0.3, -0.25) is 9.59 Å². The fourth-order valence-corrected chi connectivity index (χ4v) is 4.45. The lowest BCUT2D eigenvalue weighted by Crippen LogP contribution is -2.47. The highest BCUT2D eigenvalue weighted by Gasteiger charge is 2.22. The number of amides is 2. The zero-order chi connectivity index (χ0) is 29.9. The van der Waals surface area contributed by atoms with E-state index in [0.29, 0.717) is 40.9 Å². The van der Waals surface area contributed by atoms with Gasteiger partial charge in [-0.25, -0.2) is 5.43 Å². The molecule has 0 unspecified atom stereocenters. The van der Waals surface area contributed by atoms with Crippen LogP contribution in [0.25, 0.3) is 10.8 Å². The summed E-state index contributed by atoms with van der Waals surface area (Å²) >= 11 is 5.88. The van der Waals surface area contributed by atoms with Crippen molar-refractivity contribution in [3.8, 4) is 17.2 Å². The van der Waals surface area contributed by atoms with Crippen LogP contribution >= 0.6 is 11.6 Å². The minimum absolute atomic E-state index is 0.160. The van der Waals surface area contributed by atoms with E-state index >= 15 is 0 Å². The molecule has 4 aromatic rings. The Morgan fingerprint density at radius 1 is 0.929 bits per heavy atom. The Morgan fingerprint density at radius 3 is 2.45 bits per heavy atom. The summed E-state index contributed by atoms with van der Waals surface area (Å²) in [6, 6.07) is 25.6. The van der Waals surface area contributed by atoms with Crippen molar-refractivity contribution in [3.63, 3.8) is 0 Å². The number of nitrogens with zero attached hydrogens (tertiary/aromatic N) is 1. The first-order chi connectivity index (χ1) is 20.3. The fourth-order valence-electron chi connectivity index (χ4n) is 4.32. The standard InChI is InChI=1S/C33H34ClN3O5/c1-22(2)17-29(36-32(38)21-41-27-14-12-26(34)13-15-27)33(39)37-35-19-23-11-16-30(31(18-23)40-3)42-20-25-9-6-8-24-7-4-5-10-28(24)25/h4-16,18-19,22,29H,17,20-21H2,1-3H3,(H,36,38)(H,37,39)/b35-19-/t29-/m1/s1. The van der Waals surface area contributed by atoms with Crippen LogP contribution in [0.1, 0.15) is 31.4 Å². The summed E-state index contributed by atoms with van der Waals surface area (Å²) in [5, 5.41) is 9.69. The molecule has 0 heterocycles. The average Bonchev–Trinajstić information content (AvgIpc) is 2.99. The van der Waals surface area contributed by atoms with Gasteiger partial charge >= 0.3 is 0 Å². The van der Waals surface area contributed by atoms with Crippen LogP contribution in [-0.4, -0.2) is 37.8 Å². The van der Waals surface area contributed by atoms with Crippen molar-refractivity contribution >= 4 is 40.4 Å². The van der Waals surface area contributed by atoms with E-state index in [1.165, 1.54) is 6.21 Å². The Labute approximate surface area is 250 Å². The molecule has 2 amide bonds. The SMILES string of the molecule is COc1cc(/C=N\NC(=O)[C@@H](CC(C)C)NC(=O)COc2ccc(Cl)cc2)ccc1OCc1cccc2ccccc12.